The predicted octanol–water partition coefficient (Wildman–Crippen LogP) is 6.24. The van der Waals surface area contributed by atoms with Crippen LogP contribution in [0.3, 0.4) is 0 Å². The zero-order valence-corrected chi connectivity index (χ0v) is 23.4. The molecule has 1 aliphatic heterocycles. The van der Waals surface area contributed by atoms with Crippen molar-refractivity contribution in [3.63, 3.8) is 0 Å². The van der Waals surface area contributed by atoms with Gasteiger partial charge >= 0.3 is 11.9 Å². The Morgan fingerprint density at radius 2 is 1.52 bits per heavy atom. The lowest BCUT2D eigenvalue weighted by molar-refractivity contribution is -0.142. The van der Waals surface area contributed by atoms with Crippen molar-refractivity contribution >= 4 is 29.3 Å². The number of aliphatic imine (C=N–C) groups is 1. The maximum Gasteiger partial charge on any atom is 0.336 e. The summed E-state index contributed by atoms with van der Waals surface area (Å²) in [6.45, 7) is 1.71. The van der Waals surface area contributed by atoms with Gasteiger partial charge in [-0.3, -0.25) is 9.79 Å². The van der Waals surface area contributed by atoms with Gasteiger partial charge < -0.3 is 19.3 Å². The second-order valence-electron chi connectivity index (χ2n) is 9.50. The van der Waals surface area contributed by atoms with Gasteiger partial charge in [-0.25, -0.2) is 4.79 Å². The molecule has 0 spiro atoms. The van der Waals surface area contributed by atoms with Crippen molar-refractivity contribution in [2.75, 3.05) is 20.8 Å². The van der Waals surface area contributed by atoms with E-state index in [2.05, 4.69) is 4.99 Å². The summed E-state index contributed by atoms with van der Waals surface area (Å²) < 4.78 is 16.8. The first-order valence-electron chi connectivity index (χ1n) is 13.0. The van der Waals surface area contributed by atoms with Crippen LogP contribution in [0.2, 0.25) is 5.02 Å². The van der Waals surface area contributed by atoms with Gasteiger partial charge in [0, 0.05) is 36.8 Å². The molecule has 4 rings (SSSR count). The molecule has 0 aromatic heterocycles. The summed E-state index contributed by atoms with van der Waals surface area (Å²) in [6, 6.07) is 26.8. The average molecular weight is 562 g/mol. The number of rotatable bonds is 11. The third-order valence-electron chi connectivity index (χ3n) is 7.06. The van der Waals surface area contributed by atoms with Crippen molar-refractivity contribution < 1.29 is 28.9 Å². The number of carbonyl (C=O) groups excluding carboxylic acids is 1. The molecule has 8 heteroatoms. The minimum Gasteiger partial charge on any atom is -0.481 e. The summed E-state index contributed by atoms with van der Waals surface area (Å²) in [5, 5.41) is 10.6. The van der Waals surface area contributed by atoms with Gasteiger partial charge in [0.1, 0.15) is 11.6 Å². The molecule has 0 fully saturated rings. The molecule has 1 N–H and O–H groups in total. The third-order valence-corrected chi connectivity index (χ3v) is 7.29. The summed E-state index contributed by atoms with van der Waals surface area (Å²) in [7, 11) is 2.86. The van der Waals surface area contributed by atoms with Gasteiger partial charge in [-0.05, 0) is 42.2 Å². The van der Waals surface area contributed by atoms with Crippen LogP contribution >= 0.6 is 11.6 Å². The molecule has 0 radical (unpaired) electrons. The largest absolute Gasteiger partial charge is 0.481 e. The number of carboxylic acid groups (broad SMARTS) is 1. The first-order valence-corrected chi connectivity index (χ1v) is 13.3. The van der Waals surface area contributed by atoms with Gasteiger partial charge in [0.2, 0.25) is 6.29 Å². The molecule has 0 bridgehead atoms. The summed E-state index contributed by atoms with van der Waals surface area (Å²) in [4.78, 5) is 30.8. The lowest BCUT2D eigenvalue weighted by Gasteiger charge is -2.33. The minimum absolute atomic E-state index is 0.00327. The molecule has 208 valence electrons. The van der Waals surface area contributed by atoms with Crippen molar-refractivity contribution in [1.29, 1.82) is 0 Å². The summed E-state index contributed by atoms with van der Waals surface area (Å²) >= 11 is 6.28. The second-order valence-corrected chi connectivity index (χ2v) is 9.94. The molecule has 0 saturated carbocycles. The van der Waals surface area contributed by atoms with Crippen molar-refractivity contribution in [3.8, 4) is 0 Å². The van der Waals surface area contributed by atoms with Crippen LogP contribution in [-0.2, 0) is 23.8 Å². The number of carboxylic acids is 1. The number of methoxy groups -OCH3 is 2. The van der Waals surface area contributed by atoms with E-state index in [9.17, 15) is 14.7 Å². The van der Waals surface area contributed by atoms with Crippen LogP contribution in [0.4, 0.5) is 0 Å². The van der Waals surface area contributed by atoms with Gasteiger partial charge in [0.15, 0.2) is 0 Å². The summed E-state index contributed by atoms with van der Waals surface area (Å²) in [5.74, 6) is -3.82. The smallest absolute Gasteiger partial charge is 0.336 e. The van der Waals surface area contributed by atoms with Crippen molar-refractivity contribution in [2.45, 2.75) is 31.5 Å². The van der Waals surface area contributed by atoms with Crippen LogP contribution in [0.1, 0.15) is 41.9 Å². The minimum atomic E-state index is -1.12. The molecule has 2 unspecified atom stereocenters. The fraction of sp³-hybridized carbons (Fsp3) is 0.281. The van der Waals surface area contributed by atoms with E-state index in [4.69, 9.17) is 25.8 Å². The molecule has 0 saturated heterocycles. The highest BCUT2D eigenvalue weighted by molar-refractivity contribution is 6.30. The number of esters is 1. The van der Waals surface area contributed by atoms with E-state index < -0.39 is 30.1 Å². The molecule has 1 heterocycles. The van der Waals surface area contributed by atoms with E-state index in [1.54, 1.807) is 31.2 Å². The Hall–Kier alpha value is -3.78. The predicted molar refractivity (Wildman–Crippen MR) is 154 cm³/mol. The molecule has 7 nitrogen and oxygen atoms in total. The van der Waals surface area contributed by atoms with Crippen LogP contribution < -0.4 is 0 Å². The Balaban J connectivity index is 1.70. The monoisotopic (exact) mass is 561 g/mol. The number of halogens is 1. The fourth-order valence-electron chi connectivity index (χ4n) is 5.24. The Bertz CT molecular complexity index is 1350. The molecule has 3 aromatic carbocycles. The number of hydrogen-bond donors (Lipinski definition) is 1. The highest BCUT2D eigenvalue weighted by Gasteiger charge is 2.44. The Morgan fingerprint density at radius 1 is 0.925 bits per heavy atom. The Kier molecular flexibility index (Phi) is 9.88. The van der Waals surface area contributed by atoms with Crippen LogP contribution in [0.15, 0.2) is 101 Å². The van der Waals surface area contributed by atoms with Gasteiger partial charge in [-0.2, -0.15) is 0 Å². The SMILES string of the molecule is COC(OC)C1=C(C(=O)OCCC(c2ccccc2)c2ccccc2)C(c2cccc(Cl)c2)C(C(=O)O)C(C)=N1. The molecule has 3 aromatic rings. The van der Waals surface area contributed by atoms with Crippen LogP contribution in [0, 0.1) is 5.92 Å². The van der Waals surface area contributed by atoms with Gasteiger partial charge in [0.05, 0.1) is 12.2 Å². The summed E-state index contributed by atoms with van der Waals surface area (Å²) in [5.41, 5.74) is 3.32. The number of hydrogen-bond acceptors (Lipinski definition) is 6. The lowest BCUT2D eigenvalue weighted by atomic mass is 9.75. The zero-order chi connectivity index (χ0) is 28.6. The first-order chi connectivity index (χ1) is 19.3. The molecular formula is C32H32ClNO6. The molecular weight excluding hydrogens is 530 g/mol. The molecule has 40 heavy (non-hydrogen) atoms. The van der Waals surface area contributed by atoms with E-state index >= 15 is 0 Å². The Labute approximate surface area is 239 Å². The van der Waals surface area contributed by atoms with Gasteiger partial charge in [-0.15, -0.1) is 0 Å². The average Bonchev–Trinajstić information content (AvgIpc) is 2.96. The number of aliphatic carboxylic acids is 1. The second kappa shape index (κ2) is 13.5. The van der Waals surface area contributed by atoms with E-state index in [1.165, 1.54) is 14.2 Å². The quantitative estimate of drug-likeness (QED) is 0.220. The normalized spacial score (nSPS) is 17.2. The third kappa shape index (κ3) is 6.50. The highest BCUT2D eigenvalue weighted by atomic mass is 35.5. The standard InChI is InChI=1S/C32H32ClNO6/c1-20-26(30(35)36)27(23-15-10-16-24(33)19-23)28(29(34-20)32(38-2)39-3)31(37)40-18-17-25(21-11-6-4-7-12-21)22-13-8-5-9-14-22/h4-16,19,25-27,32H,17-18H2,1-3H3,(H,35,36). The number of ether oxygens (including phenoxy) is 3. The van der Waals surface area contributed by atoms with Gasteiger partial charge in [-0.1, -0.05) is 84.4 Å². The lowest BCUT2D eigenvalue weighted by Crippen LogP contribution is -2.38. The molecule has 2 atom stereocenters. The molecule has 0 aliphatic carbocycles. The number of benzene rings is 3. The van der Waals surface area contributed by atoms with Crippen LogP contribution in [-0.4, -0.2) is 49.9 Å². The number of carbonyl (C=O) groups is 2. The number of nitrogens with zero attached hydrogens (tertiary/aromatic N) is 1. The zero-order valence-electron chi connectivity index (χ0n) is 22.6. The van der Waals surface area contributed by atoms with E-state index in [0.29, 0.717) is 22.7 Å². The first kappa shape index (κ1) is 29.2. The van der Waals surface area contributed by atoms with E-state index in [-0.39, 0.29) is 23.8 Å². The maximum atomic E-state index is 13.9. The van der Waals surface area contributed by atoms with E-state index in [0.717, 1.165) is 11.1 Å². The van der Waals surface area contributed by atoms with Gasteiger partial charge in [0.25, 0.3) is 0 Å². The van der Waals surface area contributed by atoms with E-state index in [1.807, 2.05) is 60.7 Å². The Morgan fingerprint density at radius 3 is 2.05 bits per heavy atom. The fourth-order valence-corrected chi connectivity index (χ4v) is 5.44. The topological polar surface area (TPSA) is 94.4 Å². The summed E-state index contributed by atoms with van der Waals surface area (Å²) in [6.07, 6.45) is -0.484. The van der Waals surface area contributed by atoms with Crippen molar-refractivity contribution in [1.82, 2.24) is 0 Å². The van der Waals surface area contributed by atoms with Crippen molar-refractivity contribution in [3.05, 3.63) is 118 Å². The highest BCUT2D eigenvalue weighted by Crippen LogP contribution is 2.42. The molecule has 0 amide bonds. The maximum absolute atomic E-state index is 13.9. The van der Waals surface area contributed by atoms with Crippen LogP contribution in [0.25, 0.3) is 0 Å². The van der Waals surface area contributed by atoms with Crippen molar-refractivity contribution in [2.24, 2.45) is 10.9 Å². The molecule has 1 aliphatic rings. The van der Waals surface area contributed by atoms with Crippen LogP contribution in [0.5, 0.6) is 0 Å².